The molecule has 3 N–H and O–H groups in total. The monoisotopic (exact) mass is 167 g/mol. The Morgan fingerprint density at radius 1 is 1.70 bits per heavy atom. The van der Waals surface area contributed by atoms with E-state index < -0.39 is 21.7 Å². The minimum Gasteiger partial charge on any atom is -0.348 e. The van der Waals surface area contributed by atoms with Crippen LogP contribution in [0.1, 0.15) is 6.92 Å². The van der Waals surface area contributed by atoms with Crippen LogP contribution in [0.25, 0.3) is 0 Å². The molecule has 1 rings (SSSR count). The molecule has 0 radical (unpaired) electrons. The molecule has 0 aromatic heterocycles. The van der Waals surface area contributed by atoms with Gasteiger partial charge in [-0.1, -0.05) is 0 Å². The molecule has 10 heavy (non-hydrogen) atoms. The van der Waals surface area contributed by atoms with E-state index in [4.69, 9.17) is 10.3 Å². The molecule has 0 aliphatic carbocycles. The summed E-state index contributed by atoms with van der Waals surface area (Å²) in [6, 6.07) is -0.355. The number of rotatable bonds is 2. The first kappa shape index (κ1) is 7.93. The molecule has 0 bridgehead atoms. The first-order valence-electron chi connectivity index (χ1n) is 2.80. The first-order chi connectivity index (χ1) is 4.43. The second-order valence-electron chi connectivity index (χ2n) is 2.34. The Morgan fingerprint density at radius 3 is 2.30 bits per heavy atom. The molecule has 1 aliphatic heterocycles. The zero-order valence-corrected chi connectivity index (χ0v) is 6.21. The van der Waals surface area contributed by atoms with Crippen molar-refractivity contribution in [1.82, 2.24) is 0 Å². The van der Waals surface area contributed by atoms with Crippen LogP contribution in [0.15, 0.2) is 0 Å². The molecule has 6 heteroatoms. The van der Waals surface area contributed by atoms with Crippen molar-refractivity contribution in [2.45, 2.75) is 24.5 Å². The van der Waals surface area contributed by atoms with Gasteiger partial charge in [-0.3, -0.25) is 4.55 Å². The smallest absolute Gasteiger partial charge is 0.295 e. The largest absolute Gasteiger partial charge is 0.348 e. The van der Waals surface area contributed by atoms with Gasteiger partial charge >= 0.3 is 0 Å². The van der Waals surface area contributed by atoms with Crippen molar-refractivity contribution < 1.29 is 17.7 Å². The van der Waals surface area contributed by atoms with E-state index in [-0.39, 0.29) is 6.04 Å². The minimum atomic E-state index is -4.03. The van der Waals surface area contributed by atoms with E-state index in [0.717, 1.165) is 0 Å². The van der Waals surface area contributed by atoms with E-state index >= 15 is 0 Å². The summed E-state index contributed by atoms with van der Waals surface area (Å²) in [5, 5.41) is 0. The van der Waals surface area contributed by atoms with Crippen LogP contribution in [0.2, 0.25) is 0 Å². The Bertz CT molecular complexity index is 221. The fourth-order valence-electron chi connectivity index (χ4n) is 0.721. The second-order valence-corrected chi connectivity index (χ2v) is 3.84. The van der Waals surface area contributed by atoms with Crippen LogP contribution in [0, 0.1) is 0 Å². The zero-order valence-electron chi connectivity index (χ0n) is 5.39. The van der Waals surface area contributed by atoms with Crippen molar-refractivity contribution in [3.63, 3.8) is 0 Å². The summed E-state index contributed by atoms with van der Waals surface area (Å²) in [5.41, 5.74) is 4.19. The number of epoxide rings is 1. The van der Waals surface area contributed by atoms with Gasteiger partial charge in [0, 0.05) is 6.04 Å². The molecule has 1 aliphatic rings. The molecule has 0 amide bonds. The molecule has 0 aromatic carbocycles. The molecule has 3 atom stereocenters. The van der Waals surface area contributed by atoms with Crippen LogP contribution < -0.4 is 5.73 Å². The Balaban J connectivity index is 2.55. The lowest BCUT2D eigenvalue weighted by molar-refractivity contribution is 0.363. The quantitative estimate of drug-likeness (QED) is 0.404. The van der Waals surface area contributed by atoms with Crippen LogP contribution in [0.5, 0.6) is 0 Å². The third kappa shape index (κ3) is 1.46. The van der Waals surface area contributed by atoms with Gasteiger partial charge in [0.15, 0.2) is 0 Å². The summed E-state index contributed by atoms with van der Waals surface area (Å²) in [7, 11) is -4.03. The molecule has 60 valence electrons. The van der Waals surface area contributed by atoms with Crippen LogP contribution in [-0.4, -0.2) is 30.6 Å². The van der Waals surface area contributed by atoms with Crippen molar-refractivity contribution in [3.05, 3.63) is 0 Å². The van der Waals surface area contributed by atoms with E-state index in [1.54, 1.807) is 6.92 Å². The van der Waals surface area contributed by atoms with E-state index in [1.165, 1.54) is 0 Å². The molecule has 1 heterocycles. The zero-order chi connectivity index (χ0) is 7.94. The topological polar surface area (TPSA) is 92.9 Å². The van der Waals surface area contributed by atoms with Crippen molar-refractivity contribution in [2.75, 3.05) is 0 Å². The van der Waals surface area contributed by atoms with E-state index in [1.807, 2.05) is 0 Å². The van der Waals surface area contributed by atoms with Crippen LogP contribution in [0.3, 0.4) is 0 Å². The molecular formula is C4H9NO4S. The lowest BCUT2D eigenvalue weighted by Gasteiger charge is -1.94. The van der Waals surface area contributed by atoms with Gasteiger partial charge in [-0.25, -0.2) is 0 Å². The maximum absolute atomic E-state index is 10.3. The summed E-state index contributed by atoms with van der Waals surface area (Å²) in [6.45, 7) is 1.62. The van der Waals surface area contributed by atoms with Crippen molar-refractivity contribution in [3.8, 4) is 0 Å². The van der Waals surface area contributed by atoms with Crippen molar-refractivity contribution >= 4 is 10.1 Å². The Labute approximate surface area is 58.9 Å². The normalized spacial score (nSPS) is 35.5. The highest BCUT2D eigenvalue weighted by molar-refractivity contribution is 7.86. The second kappa shape index (κ2) is 2.16. The van der Waals surface area contributed by atoms with Gasteiger partial charge in [0.2, 0.25) is 5.44 Å². The number of hydrogen-bond donors (Lipinski definition) is 2. The van der Waals surface area contributed by atoms with Crippen molar-refractivity contribution in [1.29, 1.82) is 0 Å². The van der Waals surface area contributed by atoms with Crippen molar-refractivity contribution in [2.24, 2.45) is 5.73 Å². The predicted octanol–water partition coefficient (Wildman–Crippen LogP) is -1.05. The van der Waals surface area contributed by atoms with Gasteiger partial charge in [-0.15, -0.1) is 0 Å². The summed E-state index contributed by atoms with van der Waals surface area (Å²) in [5.74, 6) is 0. The summed E-state index contributed by atoms with van der Waals surface area (Å²) in [4.78, 5) is 0. The molecule has 0 spiro atoms. The molecule has 0 aromatic rings. The molecule has 0 saturated carbocycles. The summed E-state index contributed by atoms with van der Waals surface area (Å²) in [6.07, 6.45) is -0.532. The Hall–Kier alpha value is -0.170. The SMILES string of the molecule is CC(N)C1OC1S(=O)(=O)O. The molecule has 3 unspecified atom stereocenters. The lowest BCUT2D eigenvalue weighted by atomic mass is 10.3. The van der Waals surface area contributed by atoms with Crippen LogP contribution in [0.4, 0.5) is 0 Å². The van der Waals surface area contributed by atoms with E-state index in [9.17, 15) is 8.42 Å². The highest BCUT2D eigenvalue weighted by Crippen LogP contribution is 2.28. The average molecular weight is 167 g/mol. The van der Waals surface area contributed by atoms with Gasteiger partial charge in [-0.2, -0.15) is 8.42 Å². The third-order valence-electron chi connectivity index (χ3n) is 1.29. The maximum Gasteiger partial charge on any atom is 0.295 e. The predicted molar refractivity (Wildman–Crippen MR) is 33.9 cm³/mol. The van der Waals surface area contributed by atoms with E-state index in [0.29, 0.717) is 0 Å². The third-order valence-corrected chi connectivity index (χ3v) is 2.26. The first-order valence-corrected chi connectivity index (χ1v) is 4.30. The summed E-state index contributed by atoms with van der Waals surface area (Å²) >= 11 is 0. The van der Waals surface area contributed by atoms with Gasteiger partial charge in [-0.05, 0) is 6.92 Å². The van der Waals surface area contributed by atoms with Gasteiger partial charge < -0.3 is 10.5 Å². The number of ether oxygens (including phenoxy) is 1. The standard InChI is InChI=1S/C4H9NO4S/c1-2(5)3-4(9-3)10(6,7)8/h2-4H,5H2,1H3,(H,6,7,8). The Kier molecular flexibility index (Phi) is 1.71. The van der Waals surface area contributed by atoms with Gasteiger partial charge in [0.05, 0.1) is 0 Å². The van der Waals surface area contributed by atoms with Crippen LogP contribution >= 0.6 is 0 Å². The molecule has 1 saturated heterocycles. The fourth-order valence-corrected chi connectivity index (χ4v) is 1.58. The highest BCUT2D eigenvalue weighted by atomic mass is 32.2. The lowest BCUT2D eigenvalue weighted by Crippen LogP contribution is -2.25. The van der Waals surface area contributed by atoms with Crippen LogP contribution in [-0.2, 0) is 14.9 Å². The minimum absolute atomic E-state index is 0.355. The van der Waals surface area contributed by atoms with Gasteiger partial charge in [0.1, 0.15) is 6.10 Å². The molecular weight excluding hydrogens is 158 g/mol. The summed E-state index contributed by atoms with van der Waals surface area (Å²) < 4.78 is 33.5. The van der Waals surface area contributed by atoms with Gasteiger partial charge in [0.25, 0.3) is 10.1 Å². The average Bonchev–Trinajstić information content (AvgIpc) is 2.35. The Morgan fingerprint density at radius 2 is 2.20 bits per heavy atom. The molecule has 5 nitrogen and oxygen atoms in total. The highest BCUT2D eigenvalue weighted by Gasteiger charge is 2.50. The molecule has 1 fully saturated rings. The van der Waals surface area contributed by atoms with E-state index in [2.05, 4.69) is 4.74 Å². The fraction of sp³-hybridized carbons (Fsp3) is 1.00. The number of nitrogens with two attached hydrogens (primary N) is 1. The number of hydrogen-bond acceptors (Lipinski definition) is 4. The maximum atomic E-state index is 10.3.